The minimum Gasteiger partial charge on any atom is -0.493 e. The van der Waals surface area contributed by atoms with Gasteiger partial charge in [0.1, 0.15) is 5.82 Å². The van der Waals surface area contributed by atoms with E-state index in [1.165, 1.54) is 0 Å². The van der Waals surface area contributed by atoms with Gasteiger partial charge in [-0.15, -0.1) is 0 Å². The van der Waals surface area contributed by atoms with E-state index < -0.39 is 0 Å². The summed E-state index contributed by atoms with van der Waals surface area (Å²) in [6, 6.07) is 6.95. The maximum atomic E-state index is 12.2. The van der Waals surface area contributed by atoms with Gasteiger partial charge in [-0.2, -0.15) is 5.10 Å². The zero-order valence-electron chi connectivity index (χ0n) is 14.7. The average molecular weight is 332 g/mol. The molecule has 0 bridgehead atoms. The summed E-state index contributed by atoms with van der Waals surface area (Å²) in [5, 5.41) is 9.88. The van der Waals surface area contributed by atoms with Crippen LogP contribution in [-0.4, -0.2) is 29.5 Å². The number of urea groups is 1. The Bertz CT molecular complexity index is 712. The molecule has 2 aromatic rings. The van der Waals surface area contributed by atoms with Gasteiger partial charge in [0.05, 0.1) is 25.5 Å². The molecular weight excluding hydrogens is 308 g/mol. The van der Waals surface area contributed by atoms with Crippen molar-refractivity contribution in [1.82, 2.24) is 15.1 Å². The third-order valence-electron chi connectivity index (χ3n) is 3.58. The fraction of sp³-hybridized carbons (Fsp3) is 0.412. The van der Waals surface area contributed by atoms with Crippen molar-refractivity contribution < 1.29 is 14.3 Å². The molecule has 0 saturated heterocycles. The molecule has 0 spiro atoms. The first-order valence-electron chi connectivity index (χ1n) is 7.83. The highest BCUT2D eigenvalue weighted by molar-refractivity contribution is 5.88. The van der Waals surface area contributed by atoms with Crippen LogP contribution in [0.4, 0.5) is 10.6 Å². The van der Waals surface area contributed by atoms with Crippen molar-refractivity contribution in [3.63, 3.8) is 0 Å². The lowest BCUT2D eigenvalue weighted by Crippen LogP contribution is -2.31. The van der Waals surface area contributed by atoms with Crippen LogP contribution >= 0.6 is 0 Å². The molecule has 1 aromatic heterocycles. The number of rotatable bonds is 6. The third-order valence-corrected chi connectivity index (χ3v) is 3.58. The number of ether oxygens (including phenoxy) is 2. The first kappa shape index (κ1) is 17.7. The Hall–Kier alpha value is -2.70. The minimum atomic E-state index is -0.293. The molecule has 0 aliphatic carbocycles. The van der Waals surface area contributed by atoms with Gasteiger partial charge in [0.15, 0.2) is 11.5 Å². The van der Waals surface area contributed by atoms with Gasteiger partial charge in [-0.05, 0) is 38.5 Å². The van der Waals surface area contributed by atoms with Crippen LogP contribution in [-0.2, 0) is 7.05 Å². The number of aryl methyl sites for hydroxylation is 2. The molecule has 0 radical (unpaired) electrons. The molecule has 1 atom stereocenters. The topological polar surface area (TPSA) is 77.4 Å². The summed E-state index contributed by atoms with van der Waals surface area (Å²) < 4.78 is 12.5. The summed E-state index contributed by atoms with van der Waals surface area (Å²) in [7, 11) is 3.38. The zero-order chi connectivity index (χ0) is 17.7. The third kappa shape index (κ3) is 4.18. The summed E-state index contributed by atoms with van der Waals surface area (Å²) in [6.45, 7) is 6.26. The number of carbonyl (C=O) groups excluding carboxylic acids is 1. The minimum absolute atomic E-state index is 0.191. The molecule has 7 nitrogen and oxygen atoms in total. The van der Waals surface area contributed by atoms with E-state index in [4.69, 9.17) is 9.47 Å². The average Bonchev–Trinajstić information content (AvgIpc) is 2.85. The highest BCUT2D eigenvalue weighted by atomic mass is 16.5. The van der Waals surface area contributed by atoms with Crippen LogP contribution < -0.4 is 20.1 Å². The van der Waals surface area contributed by atoms with Crippen LogP contribution in [0.15, 0.2) is 24.3 Å². The van der Waals surface area contributed by atoms with E-state index in [0.717, 1.165) is 11.3 Å². The lowest BCUT2D eigenvalue weighted by atomic mass is 10.1. The Morgan fingerprint density at radius 2 is 2.08 bits per heavy atom. The predicted molar refractivity (Wildman–Crippen MR) is 92.7 cm³/mol. The van der Waals surface area contributed by atoms with Crippen molar-refractivity contribution in [2.45, 2.75) is 26.8 Å². The van der Waals surface area contributed by atoms with Crippen LogP contribution in [0.3, 0.4) is 0 Å². The lowest BCUT2D eigenvalue weighted by molar-refractivity contribution is 0.249. The van der Waals surface area contributed by atoms with Crippen molar-refractivity contribution in [1.29, 1.82) is 0 Å². The van der Waals surface area contributed by atoms with Gasteiger partial charge in [0.2, 0.25) is 0 Å². The van der Waals surface area contributed by atoms with Crippen LogP contribution in [0.5, 0.6) is 11.5 Å². The fourth-order valence-electron chi connectivity index (χ4n) is 2.39. The first-order chi connectivity index (χ1) is 11.4. The number of hydrogen-bond acceptors (Lipinski definition) is 4. The second-order valence-corrected chi connectivity index (χ2v) is 5.46. The van der Waals surface area contributed by atoms with Gasteiger partial charge in [0, 0.05) is 13.1 Å². The Balaban J connectivity index is 2.04. The predicted octanol–water partition coefficient (Wildman–Crippen LogP) is 3.02. The second kappa shape index (κ2) is 7.72. The molecule has 2 amide bonds. The van der Waals surface area contributed by atoms with Crippen molar-refractivity contribution in [3.05, 3.63) is 35.5 Å². The zero-order valence-corrected chi connectivity index (χ0v) is 14.7. The summed E-state index contributed by atoms with van der Waals surface area (Å²) in [4.78, 5) is 12.2. The molecule has 0 aliphatic heterocycles. The van der Waals surface area contributed by atoms with Crippen molar-refractivity contribution in [2.24, 2.45) is 7.05 Å². The van der Waals surface area contributed by atoms with E-state index in [1.807, 2.05) is 45.0 Å². The van der Waals surface area contributed by atoms with Crippen molar-refractivity contribution in [3.8, 4) is 11.5 Å². The largest absolute Gasteiger partial charge is 0.493 e. The monoisotopic (exact) mass is 332 g/mol. The Morgan fingerprint density at radius 1 is 1.33 bits per heavy atom. The van der Waals surface area contributed by atoms with Crippen LogP contribution in [0, 0.1) is 6.92 Å². The maximum Gasteiger partial charge on any atom is 0.320 e. The maximum absolute atomic E-state index is 12.2. The number of methoxy groups -OCH3 is 1. The van der Waals surface area contributed by atoms with Crippen LogP contribution in [0.1, 0.15) is 31.1 Å². The van der Waals surface area contributed by atoms with Crippen molar-refractivity contribution in [2.75, 3.05) is 19.0 Å². The van der Waals surface area contributed by atoms with E-state index in [9.17, 15) is 4.79 Å². The number of nitrogens with zero attached hydrogens (tertiary/aromatic N) is 2. The molecule has 2 N–H and O–H groups in total. The Labute approximate surface area is 142 Å². The van der Waals surface area contributed by atoms with E-state index >= 15 is 0 Å². The smallest absolute Gasteiger partial charge is 0.320 e. The first-order valence-corrected chi connectivity index (χ1v) is 7.83. The number of benzene rings is 1. The summed E-state index contributed by atoms with van der Waals surface area (Å²) in [6.07, 6.45) is 0. The number of carbonyl (C=O) groups is 1. The number of anilines is 1. The molecule has 0 aliphatic rings. The van der Waals surface area contributed by atoms with Gasteiger partial charge < -0.3 is 14.8 Å². The van der Waals surface area contributed by atoms with E-state index in [0.29, 0.717) is 23.9 Å². The van der Waals surface area contributed by atoms with Gasteiger partial charge >= 0.3 is 6.03 Å². The fourth-order valence-corrected chi connectivity index (χ4v) is 2.39. The normalized spacial score (nSPS) is 11.7. The molecule has 0 unspecified atom stereocenters. The highest BCUT2D eigenvalue weighted by Gasteiger charge is 2.14. The lowest BCUT2D eigenvalue weighted by Gasteiger charge is -2.17. The molecule has 7 heteroatoms. The standard InChI is InChI=1S/C17H24N4O3/c1-6-24-14-8-7-13(10-15(14)23-5)12(3)18-17(22)19-16-9-11(2)20-21(16)4/h7-10,12H,6H2,1-5H3,(H2,18,19,22)/t12-/m0/s1. The van der Waals surface area contributed by atoms with Crippen LogP contribution in [0.25, 0.3) is 0 Å². The Morgan fingerprint density at radius 3 is 2.67 bits per heavy atom. The van der Waals surface area contributed by atoms with Gasteiger partial charge in [-0.25, -0.2) is 4.79 Å². The second-order valence-electron chi connectivity index (χ2n) is 5.46. The highest BCUT2D eigenvalue weighted by Crippen LogP contribution is 2.30. The number of amides is 2. The molecule has 0 fully saturated rings. The number of hydrogen-bond donors (Lipinski definition) is 2. The van der Waals surface area contributed by atoms with Gasteiger partial charge in [0.25, 0.3) is 0 Å². The van der Waals surface area contributed by atoms with Crippen molar-refractivity contribution >= 4 is 11.8 Å². The number of nitrogens with one attached hydrogen (secondary N) is 2. The molecule has 1 aromatic carbocycles. The molecule has 24 heavy (non-hydrogen) atoms. The summed E-state index contributed by atoms with van der Waals surface area (Å²) in [5.41, 5.74) is 1.77. The van der Waals surface area contributed by atoms with E-state index in [-0.39, 0.29) is 12.1 Å². The quantitative estimate of drug-likeness (QED) is 0.852. The summed E-state index contributed by atoms with van der Waals surface area (Å²) >= 11 is 0. The van der Waals surface area contributed by atoms with Gasteiger partial charge in [-0.1, -0.05) is 6.07 Å². The van der Waals surface area contributed by atoms with E-state index in [1.54, 1.807) is 18.8 Å². The number of aromatic nitrogens is 2. The van der Waals surface area contributed by atoms with E-state index in [2.05, 4.69) is 15.7 Å². The molecule has 130 valence electrons. The Kier molecular flexibility index (Phi) is 5.68. The van der Waals surface area contributed by atoms with Gasteiger partial charge in [-0.3, -0.25) is 10.00 Å². The molecule has 1 heterocycles. The summed E-state index contributed by atoms with van der Waals surface area (Å²) in [5.74, 6) is 1.97. The molecule has 2 rings (SSSR count). The molecule has 0 saturated carbocycles. The SMILES string of the molecule is CCOc1ccc([C@H](C)NC(=O)Nc2cc(C)nn2C)cc1OC. The van der Waals surface area contributed by atoms with Crippen LogP contribution in [0.2, 0.25) is 0 Å². The molecular formula is C17H24N4O3.